The van der Waals surface area contributed by atoms with Crippen molar-refractivity contribution in [3.05, 3.63) is 0 Å². The maximum Gasteiger partial charge on any atom is 0.336 e. The van der Waals surface area contributed by atoms with Gasteiger partial charge in [-0.1, -0.05) is 0 Å². The summed E-state index contributed by atoms with van der Waals surface area (Å²) in [5.41, 5.74) is -2.74. The summed E-state index contributed by atoms with van der Waals surface area (Å²) in [4.78, 5) is 39.7. The number of aliphatic hydroxyl groups excluding tert-OH is 1. The van der Waals surface area contributed by atoms with E-state index in [1.807, 2.05) is 0 Å². The summed E-state index contributed by atoms with van der Waals surface area (Å²) in [5.74, 6) is -5.02. The molecule has 0 spiro atoms. The molecule has 10 nitrogen and oxygen atoms in total. The van der Waals surface area contributed by atoms with Crippen LogP contribution in [0.25, 0.3) is 0 Å². The van der Waals surface area contributed by atoms with Crippen LogP contribution in [0.1, 0.15) is 19.8 Å². The highest BCUT2D eigenvalue weighted by Crippen LogP contribution is 2.15. The third kappa shape index (κ3) is 13.9. The van der Waals surface area contributed by atoms with Gasteiger partial charge in [0, 0.05) is 7.11 Å². The van der Waals surface area contributed by atoms with Gasteiger partial charge in [0.2, 0.25) is 0 Å². The highest BCUT2D eigenvalue weighted by atomic mass is 16.5. The Morgan fingerprint density at radius 2 is 1.40 bits per heavy atom. The SMILES string of the molecule is CCOC=O.CO.O=C(O)CC(O)(CC(=O)O)C(=O)O. The van der Waals surface area contributed by atoms with E-state index in [4.69, 9.17) is 25.5 Å². The Labute approximate surface area is 114 Å². The zero-order valence-electron chi connectivity index (χ0n) is 11.0. The van der Waals surface area contributed by atoms with Crippen LogP contribution in [-0.4, -0.2) is 69.2 Å². The van der Waals surface area contributed by atoms with Gasteiger partial charge in [0.1, 0.15) is 0 Å². The molecule has 118 valence electrons. The van der Waals surface area contributed by atoms with E-state index in [2.05, 4.69) is 4.74 Å². The average molecular weight is 298 g/mol. The van der Waals surface area contributed by atoms with Crippen molar-refractivity contribution in [3.8, 4) is 0 Å². The van der Waals surface area contributed by atoms with E-state index in [-0.39, 0.29) is 0 Å². The van der Waals surface area contributed by atoms with Crippen molar-refractivity contribution in [1.29, 1.82) is 0 Å². The quantitative estimate of drug-likeness (QED) is 0.348. The molecule has 0 aliphatic rings. The first kappa shape index (κ1) is 22.9. The summed E-state index contributed by atoms with van der Waals surface area (Å²) in [6.07, 6.45) is -2.29. The van der Waals surface area contributed by atoms with Crippen molar-refractivity contribution < 1.29 is 49.4 Å². The molecule has 0 aromatic rings. The van der Waals surface area contributed by atoms with Gasteiger partial charge in [0.25, 0.3) is 6.47 Å². The Kier molecular flexibility index (Phi) is 15.2. The fraction of sp³-hybridized carbons (Fsp3) is 0.600. The first-order chi connectivity index (χ1) is 9.19. The van der Waals surface area contributed by atoms with E-state index in [9.17, 15) is 19.2 Å². The van der Waals surface area contributed by atoms with Gasteiger partial charge in [-0.2, -0.15) is 0 Å². The van der Waals surface area contributed by atoms with Crippen LogP contribution in [0, 0.1) is 0 Å². The average Bonchev–Trinajstić information content (AvgIpc) is 2.31. The molecule has 0 radical (unpaired) electrons. The molecule has 0 saturated carbocycles. The molecule has 0 saturated heterocycles. The third-order valence-corrected chi connectivity index (χ3v) is 1.52. The Morgan fingerprint density at radius 3 is 1.50 bits per heavy atom. The second kappa shape index (κ2) is 13.2. The Balaban J connectivity index is -0.000000346. The summed E-state index contributed by atoms with van der Waals surface area (Å²) in [6.45, 7) is 2.66. The number of aliphatic carboxylic acids is 3. The summed E-state index contributed by atoms with van der Waals surface area (Å²) < 4.78 is 4.15. The minimum atomic E-state index is -2.74. The molecule has 0 fully saturated rings. The van der Waals surface area contributed by atoms with E-state index < -0.39 is 36.4 Å². The number of carboxylic acid groups (broad SMARTS) is 3. The Hall–Kier alpha value is -2.20. The monoisotopic (exact) mass is 298 g/mol. The van der Waals surface area contributed by atoms with Gasteiger partial charge >= 0.3 is 17.9 Å². The second-order valence-electron chi connectivity index (χ2n) is 3.03. The number of hydrogen-bond donors (Lipinski definition) is 5. The van der Waals surface area contributed by atoms with Gasteiger partial charge in [-0.3, -0.25) is 14.4 Å². The van der Waals surface area contributed by atoms with E-state index in [0.717, 1.165) is 7.11 Å². The normalized spacial score (nSPS) is 9.00. The van der Waals surface area contributed by atoms with Crippen molar-refractivity contribution in [3.63, 3.8) is 0 Å². The number of carbonyl (C=O) groups excluding carboxylic acids is 1. The van der Waals surface area contributed by atoms with Crippen LogP contribution in [0.4, 0.5) is 0 Å². The Bertz CT molecular complexity index is 295. The topological polar surface area (TPSA) is 179 Å². The first-order valence-corrected chi connectivity index (χ1v) is 5.09. The second-order valence-corrected chi connectivity index (χ2v) is 3.03. The zero-order valence-corrected chi connectivity index (χ0v) is 11.0. The molecule has 0 bridgehead atoms. The van der Waals surface area contributed by atoms with Gasteiger partial charge in [-0.25, -0.2) is 4.79 Å². The molecule has 0 aromatic heterocycles. The number of rotatable bonds is 7. The lowest BCUT2D eigenvalue weighted by Crippen LogP contribution is -2.42. The minimum Gasteiger partial charge on any atom is -0.481 e. The molecule has 0 atom stereocenters. The van der Waals surface area contributed by atoms with Crippen LogP contribution in [0.15, 0.2) is 0 Å². The van der Waals surface area contributed by atoms with Crippen LogP contribution < -0.4 is 0 Å². The molecule has 0 amide bonds. The van der Waals surface area contributed by atoms with Crippen LogP contribution >= 0.6 is 0 Å². The van der Waals surface area contributed by atoms with Crippen LogP contribution in [-0.2, 0) is 23.9 Å². The van der Waals surface area contributed by atoms with Crippen LogP contribution in [0.5, 0.6) is 0 Å². The lowest BCUT2D eigenvalue weighted by atomic mass is 9.96. The standard InChI is InChI=1S/C6H8O7.C3H6O2.CH4O/c7-3(8)1-6(13,5(11)12)2-4(9)10;1-2-5-3-4;1-2/h13H,1-2H2,(H,7,8)(H,9,10)(H,11,12);3H,2H2,1H3;2H,1H3. The first-order valence-electron chi connectivity index (χ1n) is 5.09. The lowest BCUT2D eigenvalue weighted by Gasteiger charge is -2.18. The van der Waals surface area contributed by atoms with Gasteiger partial charge in [-0.05, 0) is 6.92 Å². The molecule has 0 heterocycles. The number of hydrogen-bond acceptors (Lipinski definition) is 7. The van der Waals surface area contributed by atoms with Gasteiger partial charge < -0.3 is 30.3 Å². The smallest absolute Gasteiger partial charge is 0.336 e. The van der Waals surface area contributed by atoms with Crippen molar-refractivity contribution in [2.24, 2.45) is 0 Å². The van der Waals surface area contributed by atoms with E-state index >= 15 is 0 Å². The van der Waals surface area contributed by atoms with Gasteiger partial charge in [-0.15, -0.1) is 0 Å². The molecule has 0 aromatic carbocycles. The maximum absolute atomic E-state index is 10.3. The summed E-state index contributed by atoms with van der Waals surface area (Å²) in [7, 11) is 1.00. The highest BCUT2D eigenvalue weighted by Gasteiger charge is 2.40. The van der Waals surface area contributed by atoms with Crippen molar-refractivity contribution >= 4 is 24.4 Å². The summed E-state index contributed by atoms with van der Waals surface area (Å²) >= 11 is 0. The molecule has 0 aliphatic heterocycles. The number of ether oxygens (including phenoxy) is 1. The molecular weight excluding hydrogens is 280 g/mol. The van der Waals surface area contributed by atoms with Crippen LogP contribution in [0.2, 0.25) is 0 Å². The largest absolute Gasteiger partial charge is 0.481 e. The van der Waals surface area contributed by atoms with Crippen molar-refractivity contribution in [2.45, 2.75) is 25.4 Å². The van der Waals surface area contributed by atoms with Crippen molar-refractivity contribution in [2.75, 3.05) is 13.7 Å². The zero-order chi connectivity index (χ0) is 16.8. The number of carbonyl (C=O) groups is 4. The molecule has 0 unspecified atom stereocenters. The Morgan fingerprint density at radius 1 is 1.05 bits per heavy atom. The predicted molar refractivity (Wildman–Crippen MR) is 62.9 cm³/mol. The summed E-state index contributed by atoms with van der Waals surface area (Å²) in [5, 5.41) is 40.8. The van der Waals surface area contributed by atoms with E-state index in [1.54, 1.807) is 6.92 Å². The maximum atomic E-state index is 10.3. The fourth-order valence-electron chi connectivity index (χ4n) is 0.782. The predicted octanol–water partition coefficient (Wildman–Crippen LogP) is -1.46. The number of carboxylic acids is 3. The molecule has 0 aliphatic carbocycles. The molecule has 10 heteroatoms. The number of aliphatic hydroxyl groups is 2. The minimum absolute atomic E-state index is 0.431. The van der Waals surface area contributed by atoms with Crippen molar-refractivity contribution in [1.82, 2.24) is 0 Å². The molecular formula is C10H18O10. The van der Waals surface area contributed by atoms with E-state index in [0.29, 0.717) is 13.1 Å². The fourth-order valence-corrected chi connectivity index (χ4v) is 0.782. The summed E-state index contributed by atoms with van der Waals surface area (Å²) in [6, 6.07) is 0. The lowest BCUT2D eigenvalue weighted by molar-refractivity contribution is -0.170. The van der Waals surface area contributed by atoms with Crippen LogP contribution in [0.3, 0.4) is 0 Å². The van der Waals surface area contributed by atoms with Gasteiger partial charge in [0.15, 0.2) is 5.60 Å². The van der Waals surface area contributed by atoms with E-state index in [1.165, 1.54) is 0 Å². The third-order valence-electron chi connectivity index (χ3n) is 1.52. The molecule has 0 rings (SSSR count). The highest BCUT2D eigenvalue weighted by molar-refractivity contribution is 5.88. The molecule has 20 heavy (non-hydrogen) atoms. The molecule has 5 N–H and O–H groups in total. The van der Waals surface area contributed by atoms with Gasteiger partial charge in [0.05, 0.1) is 19.4 Å².